The lowest BCUT2D eigenvalue weighted by molar-refractivity contribution is 0.102. The van der Waals surface area contributed by atoms with E-state index >= 15 is 0 Å². The molecule has 19 heavy (non-hydrogen) atoms. The van der Waals surface area contributed by atoms with Gasteiger partial charge in [-0.1, -0.05) is 29.3 Å². The number of nitrogens with one attached hydrogen (secondary N) is 1. The first-order chi connectivity index (χ1) is 8.99. The first kappa shape index (κ1) is 14.3. The molecule has 6 heteroatoms. The van der Waals surface area contributed by atoms with Crippen LogP contribution < -0.4 is 5.32 Å². The largest absolute Gasteiger partial charge is 0.319 e. The van der Waals surface area contributed by atoms with E-state index in [9.17, 15) is 9.18 Å². The van der Waals surface area contributed by atoms with Gasteiger partial charge in [0.05, 0.1) is 15.7 Å². The molecular formula is C13H7BrCl2FNO. The summed E-state index contributed by atoms with van der Waals surface area (Å²) in [5.74, 6) is -1.11. The Morgan fingerprint density at radius 2 is 1.89 bits per heavy atom. The fraction of sp³-hybridized carbons (Fsp3) is 0. The molecule has 0 saturated carbocycles. The molecule has 0 unspecified atom stereocenters. The Labute approximate surface area is 127 Å². The molecule has 0 aliphatic carbocycles. The van der Waals surface area contributed by atoms with Gasteiger partial charge in [0.25, 0.3) is 5.91 Å². The van der Waals surface area contributed by atoms with Crippen LogP contribution >= 0.6 is 39.1 Å². The topological polar surface area (TPSA) is 29.1 Å². The van der Waals surface area contributed by atoms with Gasteiger partial charge in [-0.05, 0) is 46.3 Å². The van der Waals surface area contributed by atoms with Crippen molar-refractivity contribution >= 4 is 50.7 Å². The molecule has 0 aliphatic heterocycles. The number of carbonyl (C=O) groups excluding carboxylic acids is 1. The van der Waals surface area contributed by atoms with E-state index in [4.69, 9.17) is 23.2 Å². The molecule has 2 nitrogen and oxygen atoms in total. The highest BCUT2D eigenvalue weighted by Crippen LogP contribution is 2.25. The Morgan fingerprint density at radius 1 is 1.16 bits per heavy atom. The van der Waals surface area contributed by atoms with Crippen LogP contribution in [0.25, 0.3) is 0 Å². The van der Waals surface area contributed by atoms with Gasteiger partial charge in [0.1, 0.15) is 0 Å². The highest BCUT2D eigenvalue weighted by Gasteiger charge is 2.12. The van der Waals surface area contributed by atoms with Crippen LogP contribution in [-0.4, -0.2) is 5.91 Å². The van der Waals surface area contributed by atoms with E-state index in [2.05, 4.69) is 21.2 Å². The fourth-order valence-electron chi connectivity index (χ4n) is 1.43. The van der Waals surface area contributed by atoms with E-state index in [-0.39, 0.29) is 10.7 Å². The van der Waals surface area contributed by atoms with Gasteiger partial charge < -0.3 is 5.32 Å². The number of anilines is 1. The molecule has 98 valence electrons. The van der Waals surface area contributed by atoms with Crippen LogP contribution in [0.4, 0.5) is 10.1 Å². The SMILES string of the molecule is O=C(Nc1cccc(Cl)c1F)c1ccc(Cl)c(Br)c1. The van der Waals surface area contributed by atoms with Crippen molar-refractivity contribution in [2.75, 3.05) is 5.32 Å². The molecule has 0 saturated heterocycles. The molecule has 0 spiro atoms. The number of carbonyl (C=O) groups is 1. The van der Waals surface area contributed by atoms with Gasteiger partial charge in [-0.25, -0.2) is 4.39 Å². The first-order valence-electron chi connectivity index (χ1n) is 5.19. The molecule has 0 atom stereocenters. The molecule has 0 bridgehead atoms. The zero-order chi connectivity index (χ0) is 14.0. The van der Waals surface area contributed by atoms with E-state index in [0.717, 1.165) is 0 Å². The average molecular weight is 363 g/mol. The summed E-state index contributed by atoms with van der Waals surface area (Å²) < 4.78 is 14.2. The highest BCUT2D eigenvalue weighted by molar-refractivity contribution is 9.10. The van der Waals surface area contributed by atoms with Crippen LogP contribution in [0, 0.1) is 5.82 Å². The van der Waals surface area contributed by atoms with Crippen molar-refractivity contribution in [2.45, 2.75) is 0 Å². The molecule has 0 aliphatic rings. The van der Waals surface area contributed by atoms with E-state index in [1.54, 1.807) is 24.3 Å². The second-order valence-corrected chi connectivity index (χ2v) is 5.35. The third-order valence-electron chi connectivity index (χ3n) is 2.38. The summed E-state index contributed by atoms with van der Waals surface area (Å²) in [4.78, 5) is 12.0. The van der Waals surface area contributed by atoms with Gasteiger partial charge in [0, 0.05) is 10.0 Å². The summed E-state index contributed by atoms with van der Waals surface area (Å²) in [6.45, 7) is 0. The number of rotatable bonds is 2. The summed E-state index contributed by atoms with van der Waals surface area (Å²) in [6.07, 6.45) is 0. The molecule has 2 rings (SSSR count). The fourth-order valence-corrected chi connectivity index (χ4v) is 2.10. The Bertz CT molecular complexity index is 649. The molecule has 1 amide bonds. The summed E-state index contributed by atoms with van der Waals surface area (Å²) >= 11 is 14.7. The van der Waals surface area contributed by atoms with Gasteiger partial charge in [0.2, 0.25) is 0 Å². The Hall–Kier alpha value is -1.10. The minimum absolute atomic E-state index is 0.0311. The van der Waals surface area contributed by atoms with Crippen molar-refractivity contribution in [3.05, 3.63) is 62.3 Å². The maximum absolute atomic E-state index is 13.6. The quantitative estimate of drug-likeness (QED) is 0.786. The number of hydrogen-bond donors (Lipinski definition) is 1. The molecule has 0 fully saturated rings. The molecule has 0 aromatic heterocycles. The predicted molar refractivity (Wildman–Crippen MR) is 78.5 cm³/mol. The Morgan fingerprint density at radius 3 is 2.58 bits per heavy atom. The van der Waals surface area contributed by atoms with Crippen molar-refractivity contribution in [2.24, 2.45) is 0 Å². The normalized spacial score (nSPS) is 10.3. The van der Waals surface area contributed by atoms with Gasteiger partial charge >= 0.3 is 0 Å². The molecule has 2 aromatic carbocycles. The molecule has 2 aromatic rings. The van der Waals surface area contributed by atoms with Crippen LogP contribution in [0.15, 0.2) is 40.9 Å². The molecular weight excluding hydrogens is 356 g/mol. The Balaban J connectivity index is 2.26. The van der Waals surface area contributed by atoms with Gasteiger partial charge in [-0.2, -0.15) is 0 Å². The minimum atomic E-state index is -0.662. The predicted octanol–water partition coefficient (Wildman–Crippen LogP) is 5.15. The summed E-state index contributed by atoms with van der Waals surface area (Å²) in [5.41, 5.74) is 0.388. The van der Waals surface area contributed by atoms with Gasteiger partial charge in [-0.15, -0.1) is 0 Å². The van der Waals surface area contributed by atoms with Crippen LogP contribution in [0.2, 0.25) is 10.0 Å². The van der Waals surface area contributed by atoms with Crippen LogP contribution in [0.1, 0.15) is 10.4 Å². The van der Waals surface area contributed by atoms with Crippen molar-refractivity contribution in [3.63, 3.8) is 0 Å². The number of halogens is 4. The van der Waals surface area contributed by atoms with Crippen molar-refractivity contribution in [1.29, 1.82) is 0 Å². The maximum atomic E-state index is 13.6. The first-order valence-corrected chi connectivity index (χ1v) is 6.74. The third kappa shape index (κ3) is 3.26. The van der Waals surface area contributed by atoms with Crippen LogP contribution in [0.3, 0.4) is 0 Å². The van der Waals surface area contributed by atoms with Crippen molar-refractivity contribution < 1.29 is 9.18 Å². The molecule has 1 N–H and O–H groups in total. The zero-order valence-electron chi connectivity index (χ0n) is 9.38. The minimum Gasteiger partial charge on any atom is -0.319 e. The lowest BCUT2D eigenvalue weighted by atomic mass is 10.2. The Kier molecular flexibility index (Phi) is 4.45. The smallest absolute Gasteiger partial charge is 0.255 e. The van der Waals surface area contributed by atoms with E-state index in [1.807, 2.05) is 0 Å². The summed E-state index contributed by atoms with van der Waals surface area (Å²) in [7, 11) is 0. The zero-order valence-corrected chi connectivity index (χ0v) is 12.5. The van der Waals surface area contributed by atoms with E-state index in [1.165, 1.54) is 12.1 Å². The lowest BCUT2D eigenvalue weighted by Gasteiger charge is -2.08. The summed E-state index contributed by atoms with van der Waals surface area (Å²) in [6, 6.07) is 9.08. The number of amides is 1. The number of hydrogen-bond acceptors (Lipinski definition) is 1. The van der Waals surface area contributed by atoms with E-state index in [0.29, 0.717) is 15.1 Å². The standard InChI is InChI=1S/C13H7BrCl2FNO/c14-8-6-7(4-5-9(8)15)13(19)18-11-3-1-2-10(16)12(11)17/h1-6H,(H,18,19). The average Bonchev–Trinajstić information content (AvgIpc) is 2.38. The lowest BCUT2D eigenvalue weighted by Crippen LogP contribution is -2.13. The molecule has 0 heterocycles. The van der Waals surface area contributed by atoms with Gasteiger partial charge in [0.15, 0.2) is 5.82 Å². The van der Waals surface area contributed by atoms with Gasteiger partial charge in [-0.3, -0.25) is 4.79 Å². The second-order valence-electron chi connectivity index (χ2n) is 3.68. The van der Waals surface area contributed by atoms with Crippen molar-refractivity contribution in [1.82, 2.24) is 0 Å². The molecule has 0 radical (unpaired) electrons. The third-order valence-corrected chi connectivity index (χ3v) is 3.89. The number of benzene rings is 2. The maximum Gasteiger partial charge on any atom is 0.255 e. The van der Waals surface area contributed by atoms with Crippen LogP contribution in [-0.2, 0) is 0 Å². The van der Waals surface area contributed by atoms with E-state index < -0.39 is 11.7 Å². The highest BCUT2D eigenvalue weighted by atomic mass is 79.9. The second kappa shape index (κ2) is 5.90. The van der Waals surface area contributed by atoms with Crippen LogP contribution in [0.5, 0.6) is 0 Å². The summed E-state index contributed by atoms with van der Waals surface area (Å²) in [5, 5.41) is 2.90. The monoisotopic (exact) mass is 361 g/mol. The van der Waals surface area contributed by atoms with Crippen molar-refractivity contribution in [3.8, 4) is 0 Å².